The Morgan fingerprint density at radius 3 is 2.69 bits per heavy atom. The molecule has 0 saturated heterocycles. The highest BCUT2D eigenvalue weighted by Gasteiger charge is 2.32. The molecule has 134 valence electrons. The van der Waals surface area contributed by atoms with Crippen molar-refractivity contribution in [3.05, 3.63) is 71.5 Å². The van der Waals surface area contributed by atoms with Gasteiger partial charge in [0.1, 0.15) is 11.9 Å². The largest absolute Gasteiger partial charge is 0.480 e. The minimum absolute atomic E-state index is 0.146. The van der Waals surface area contributed by atoms with Gasteiger partial charge in [0.25, 0.3) is 5.91 Å². The average Bonchev–Trinajstić information content (AvgIpc) is 3.12. The first-order chi connectivity index (χ1) is 12.5. The number of aliphatic carboxylic acids is 1. The van der Waals surface area contributed by atoms with Crippen molar-refractivity contribution in [3.63, 3.8) is 0 Å². The molecule has 26 heavy (non-hydrogen) atoms. The highest BCUT2D eigenvalue weighted by molar-refractivity contribution is 6.04. The standard InChI is InChI=1S/C19H17FN2O4/c20-14-8-4-7-13(10-14)15-11-17(26-22-15)18(23)21-16(19(24)25)9-12-5-2-1-3-6-12/h1-8,10,16-17H,9,11H2,(H,21,23)(H,24,25)/t16-,17-/m0/s1. The van der Waals surface area contributed by atoms with Gasteiger partial charge in [-0.2, -0.15) is 0 Å². The lowest BCUT2D eigenvalue weighted by atomic mass is 10.0. The maximum atomic E-state index is 13.3. The summed E-state index contributed by atoms with van der Waals surface area (Å²) in [5, 5.41) is 15.7. The van der Waals surface area contributed by atoms with E-state index in [1.165, 1.54) is 12.1 Å². The highest BCUT2D eigenvalue weighted by atomic mass is 19.1. The molecule has 1 aliphatic rings. The maximum absolute atomic E-state index is 13.3. The molecule has 1 heterocycles. The summed E-state index contributed by atoms with van der Waals surface area (Å²) in [6, 6.07) is 13.8. The van der Waals surface area contributed by atoms with Crippen LogP contribution >= 0.6 is 0 Å². The lowest BCUT2D eigenvalue weighted by Gasteiger charge is -2.16. The van der Waals surface area contributed by atoms with E-state index in [0.29, 0.717) is 11.3 Å². The number of nitrogens with zero attached hydrogens (tertiary/aromatic N) is 1. The van der Waals surface area contributed by atoms with Crippen LogP contribution in [0, 0.1) is 5.82 Å². The van der Waals surface area contributed by atoms with Crippen LogP contribution in [0.3, 0.4) is 0 Å². The van der Waals surface area contributed by atoms with Gasteiger partial charge in [-0.1, -0.05) is 47.6 Å². The molecule has 0 saturated carbocycles. The fourth-order valence-corrected chi connectivity index (χ4v) is 2.67. The van der Waals surface area contributed by atoms with Crippen LogP contribution in [0.4, 0.5) is 4.39 Å². The number of amides is 1. The van der Waals surface area contributed by atoms with Crippen LogP contribution in [-0.4, -0.2) is 34.8 Å². The molecular weight excluding hydrogens is 339 g/mol. The summed E-state index contributed by atoms with van der Waals surface area (Å²) in [7, 11) is 0. The molecule has 7 heteroatoms. The van der Waals surface area contributed by atoms with Gasteiger partial charge in [0.2, 0.25) is 6.10 Å². The van der Waals surface area contributed by atoms with Gasteiger partial charge in [-0.25, -0.2) is 9.18 Å². The van der Waals surface area contributed by atoms with Crippen molar-refractivity contribution in [2.24, 2.45) is 5.16 Å². The first kappa shape index (κ1) is 17.6. The molecule has 1 amide bonds. The third kappa shape index (κ3) is 4.24. The van der Waals surface area contributed by atoms with Crippen molar-refractivity contribution in [2.75, 3.05) is 0 Å². The predicted octanol–water partition coefficient (Wildman–Crippen LogP) is 2.13. The molecular formula is C19H17FN2O4. The number of carbonyl (C=O) groups excluding carboxylic acids is 1. The normalized spacial score (nSPS) is 17.1. The molecule has 2 N–H and O–H groups in total. The molecule has 2 aromatic carbocycles. The van der Waals surface area contributed by atoms with E-state index in [0.717, 1.165) is 5.56 Å². The lowest BCUT2D eigenvalue weighted by Crippen LogP contribution is -2.46. The van der Waals surface area contributed by atoms with E-state index in [4.69, 9.17) is 4.84 Å². The second-order valence-corrected chi connectivity index (χ2v) is 5.94. The highest BCUT2D eigenvalue weighted by Crippen LogP contribution is 2.18. The van der Waals surface area contributed by atoms with Gasteiger partial charge >= 0.3 is 5.97 Å². The van der Waals surface area contributed by atoms with Crippen LogP contribution in [0.1, 0.15) is 17.5 Å². The Kier molecular flexibility index (Phi) is 5.26. The van der Waals surface area contributed by atoms with Crippen LogP contribution in [0.5, 0.6) is 0 Å². The number of carboxylic acids is 1. The molecule has 0 unspecified atom stereocenters. The van der Waals surface area contributed by atoms with Gasteiger partial charge in [0.05, 0.1) is 5.71 Å². The predicted molar refractivity (Wildman–Crippen MR) is 92.1 cm³/mol. The van der Waals surface area contributed by atoms with Crippen molar-refractivity contribution in [1.29, 1.82) is 0 Å². The van der Waals surface area contributed by atoms with Crippen LogP contribution in [-0.2, 0) is 20.8 Å². The minimum Gasteiger partial charge on any atom is -0.480 e. The Labute approximate surface area is 149 Å². The van der Waals surface area contributed by atoms with Crippen molar-refractivity contribution in [1.82, 2.24) is 5.32 Å². The van der Waals surface area contributed by atoms with Crippen molar-refractivity contribution >= 4 is 17.6 Å². The summed E-state index contributed by atoms with van der Waals surface area (Å²) in [6.07, 6.45) is -0.634. The Hall–Kier alpha value is -3.22. The van der Waals surface area contributed by atoms with Crippen molar-refractivity contribution in [2.45, 2.75) is 25.0 Å². The fraction of sp³-hybridized carbons (Fsp3) is 0.211. The van der Waals surface area contributed by atoms with E-state index >= 15 is 0 Å². The second kappa shape index (κ2) is 7.77. The molecule has 2 aromatic rings. The number of oxime groups is 1. The van der Waals surface area contributed by atoms with Gasteiger partial charge in [-0.05, 0) is 17.7 Å². The zero-order valence-corrected chi connectivity index (χ0v) is 13.8. The second-order valence-electron chi connectivity index (χ2n) is 5.94. The summed E-state index contributed by atoms with van der Waals surface area (Å²) in [4.78, 5) is 28.9. The summed E-state index contributed by atoms with van der Waals surface area (Å²) < 4.78 is 13.3. The molecule has 0 spiro atoms. The molecule has 0 aliphatic carbocycles. The number of benzene rings is 2. The average molecular weight is 356 g/mol. The SMILES string of the molecule is O=C(O)[C@H](Cc1ccccc1)NC(=O)[C@@H]1CC(c2cccc(F)c2)=NO1. The maximum Gasteiger partial charge on any atom is 0.326 e. The van der Waals surface area contributed by atoms with E-state index in [1.807, 2.05) is 6.07 Å². The van der Waals surface area contributed by atoms with Crippen LogP contribution in [0.2, 0.25) is 0 Å². The van der Waals surface area contributed by atoms with E-state index in [1.54, 1.807) is 36.4 Å². The number of nitrogens with one attached hydrogen (secondary N) is 1. The summed E-state index contributed by atoms with van der Waals surface area (Å²) in [6.45, 7) is 0. The fourth-order valence-electron chi connectivity index (χ4n) is 2.67. The molecule has 6 nitrogen and oxygen atoms in total. The van der Waals surface area contributed by atoms with E-state index in [-0.39, 0.29) is 12.8 Å². The van der Waals surface area contributed by atoms with E-state index in [9.17, 15) is 19.1 Å². The van der Waals surface area contributed by atoms with Crippen molar-refractivity contribution < 1.29 is 23.9 Å². The number of carboxylic acid groups (broad SMARTS) is 1. The van der Waals surface area contributed by atoms with Gasteiger partial charge in [0.15, 0.2) is 0 Å². The third-order valence-corrected chi connectivity index (χ3v) is 4.02. The Balaban J connectivity index is 1.61. The van der Waals surface area contributed by atoms with Crippen LogP contribution in [0.15, 0.2) is 59.8 Å². The zero-order chi connectivity index (χ0) is 18.5. The molecule has 2 atom stereocenters. The van der Waals surface area contributed by atoms with E-state index < -0.39 is 29.8 Å². The van der Waals surface area contributed by atoms with Gasteiger partial charge < -0.3 is 15.3 Å². The Bertz CT molecular complexity index is 838. The zero-order valence-electron chi connectivity index (χ0n) is 13.8. The van der Waals surface area contributed by atoms with Gasteiger partial charge in [0, 0.05) is 18.4 Å². The van der Waals surface area contributed by atoms with Crippen LogP contribution < -0.4 is 5.32 Å². The first-order valence-corrected chi connectivity index (χ1v) is 8.08. The summed E-state index contributed by atoms with van der Waals surface area (Å²) >= 11 is 0. The summed E-state index contributed by atoms with van der Waals surface area (Å²) in [5.74, 6) is -2.11. The number of rotatable bonds is 6. The van der Waals surface area contributed by atoms with Gasteiger partial charge in [-0.3, -0.25) is 4.79 Å². The first-order valence-electron chi connectivity index (χ1n) is 8.08. The Morgan fingerprint density at radius 1 is 1.23 bits per heavy atom. The quantitative estimate of drug-likeness (QED) is 0.830. The number of hydrogen-bond acceptors (Lipinski definition) is 4. The third-order valence-electron chi connectivity index (χ3n) is 4.02. The molecule has 1 aliphatic heterocycles. The molecule has 0 aromatic heterocycles. The molecule has 0 bridgehead atoms. The number of halogens is 1. The molecule has 0 fully saturated rings. The smallest absolute Gasteiger partial charge is 0.326 e. The molecule has 3 rings (SSSR count). The van der Waals surface area contributed by atoms with Gasteiger partial charge in [-0.15, -0.1) is 0 Å². The summed E-state index contributed by atoms with van der Waals surface area (Å²) in [5.41, 5.74) is 1.77. The number of hydrogen-bond donors (Lipinski definition) is 2. The monoisotopic (exact) mass is 356 g/mol. The van der Waals surface area contributed by atoms with Crippen molar-refractivity contribution in [3.8, 4) is 0 Å². The Morgan fingerprint density at radius 2 is 2.00 bits per heavy atom. The van der Waals surface area contributed by atoms with E-state index in [2.05, 4.69) is 10.5 Å². The lowest BCUT2D eigenvalue weighted by molar-refractivity contribution is -0.143. The number of carbonyl (C=O) groups is 2. The topological polar surface area (TPSA) is 88.0 Å². The van der Waals surface area contributed by atoms with Crippen LogP contribution in [0.25, 0.3) is 0 Å². The minimum atomic E-state index is -1.13. The molecule has 0 radical (unpaired) electrons.